The highest BCUT2D eigenvalue weighted by molar-refractivity contribution is 7.99. The van der Waals surface area contributed by atoms with Crippen LogP contribution in [0.15, 0.2) is 198 Å². The quantitative estimate of drug-likeness (QED) is 0.172. The largest absolute Gasteiger partial charge is 0.309 e. The van der Waals surface area contributed by atoms with Gasteiger partial charge >= 0.3 is 0 Å². The van der Waals surface area contributed by atoms with E-state index in [9.17, 15) is 0 Å². The lowest BCUT2D eigenvalue weighted by atomic mass is 9.81. The van der Waals surface area contributed by atoms with Crippen LogP contribution in [0.25, 0.3) is 60.2 Å². The molecule has 11 rings (SSSR count). The fourth-order valence-corrected chi connectivity index (χ4v) is 10.2. The van der Waals surface area contributed by atoms with Crippen molar-refractivity contribution in [1.29, 1.82) is 0 Å². The fourth-order valence-electron chi connectivity index (χ4n) is 9.02. The number of benzene rings is 7. The van der Waals surface area contributed by atoms with E-state index in [1.165, 1.54) is 92.2 Å². The number of rotatable bonds is 5. The second-order valence-corrected chi connectivity index (χ2v) is 15.8. The lowest BCUT2D eigenvalue weighted by Gasteiger charge is -2.23. The van der Waals surface area contributed by atoms with Crippen LogP contribution < -0.4 is 0 Å². The predicted octanol–water partition coefficient (Wildman–Crippen LogP) is 13.9. The van der Waals surface area contributed by atoms with Crippen molar-refractivity contribution in [2.45, 2.75) is 22.6 Å². The zero-order valence-corrected chi connectivity index (χ0v) is 30.6. The highest BCUT2D eigenvalue weighted by Gasteiger charge is 2.23. The van der Waals surface area contributed by atoms with Crippen LogP contribution in [-0.4, -0.2) is 4.57 Å². The third-order valence-corrected chi connectivity index (χ3v) is 12.8. The predicted molar refractivity (Wildman–Crippen MR) is 231 cm³/mol. The Labute approximate surface area is 320 Å². The maximum absolute atomic E-state index is 2.48. The summed E-state index contributed by atoms with van der Waals surface area (Å²) >= 11 is 1.91. The minimum Gasteiger partial charge on any atom is -0.309 e. The molecule has 0 spiro atoms. The second-order valence-electron chi connectivity index (χ2n) is 14.7. The fraction of sp³-hybridized carbons (Fsp3) is 0.0769. The highest BCUT2D eigenvalue weighted by Crippen LogP contribution is 2.44. The van der Waals surface area contributed by atoms with E-state index in [-0.39, 0.29) is 0 Å². The van der Waals surface area contributed by atoms with E-state index in [2.05, 4.69) is 193 Å². The minimum absolute atomic E-state index is 0.399. The molecule has 2 heteroatoms. The van der Waals surface area contributed by atoms with Crippen molar-refractivity contribution in [2.24, 2.45) is 11.8 Å². The van der Waals surface area contributed by atoms with E-state index < -0.39 is 0 Å². The Morgan fingerprint density at radius 3 is 2.06 bits per heavy atom. The maximum atomic E-state index is 2.48. The molecule has 3 aliphatic carbocycles. The summed E-state index contributed by atoms with van der Waals surface area (Å²) in [5.41, 5.74) is 11.6. The Morgan fingerprint density at radius 2 is 1.20 bits per heavy atom. The third-order valence-electron chi connectivity index (χ3n) is 11.6. The van der Waals surface area contributed by atoms with Crippen molar-refractivity contribution in [2.75, 3.05) is 0 Å². The van der Waals surface area contributed by atoms with Gasteiger partial charge < -0.3 is 4.57 Å². The SMILES string of the molecule is C1=CC2C=CC(c3ccc4c(c3)c3cc(C5=CCCc6c(Sc7cccc8ccccc78)cccc65)ccc3n4-c3cccc4ccccc34)=CC2C=C1. The van der Waals surface area contributed by atoms with Crippen LogP contribution in [0.5, 0.6) is 0 Å². The van der Waals surface area contributed by atoms with Gasteiger partial charge in [-0.25, -0.2) is 0 Å². The van der Waals surface area contributed by atoms with Gasteiger partial charge in [-0.05, 0) is 105 Å². The molecule has 2 unspecified atom stereocenters. The third kappa shape index (κ3) is 5.16. The van der Waals surface area contributed by atoms with Gasteiger partial charge in [0.25, 0.3) is 0 Å². The van der Waals surface area contributed by atoms with Gasteiger partial charge in [-0.1, -0.05) is 157 Å². The van der Waals surface area contributed by atoms with Crippen LogP contribution in [-0.2, 0) is 6.42 Å². The van der Waals surface area contributed by atoms with Crippen molar-refractivity contribution in [3.8, 4) is 5.69 Å². The van der Waals surface area contributed by atoms with Gasteiger partial charge in [0.2, 0.25) is 0 Å². The molecule has 1 heterocycles. The number of hydrogen-bond donors (Lipinski definition) is 0. The Morgan fingerprint density at radius 1 is 0.537 bits per heavy atom. The van der Waals surface area contributed by atoms with Gasteiger partial charge in [0.15, 0.2) is 0 Å². The average molecular weight is 708 g/mol. The number of fused-ring (bicyclic) bond motifs is 7. The van der Waals surface area contributed by atoms with E-state index in [0.29, 0.717) is 11.8 Å². The number of allylic oxidation sites excluding steroid dienone is 9. The molecule has 8 aromatic rings. The number of hydrogen-bond acceptors (Lipinski definition) is 1. The number of aromatic nitrogens is 1. The summed E-state index contributed by atoms with van der Waals surface area (Å²) in [6.45, 7) is 0. The Hall–Kier alpha value is -6.09. The summed E-state index contributed by atoms with van der Waals surface area (Å²) in [6, 6.07) is 52.0. The average Bonchev–Trinajstić information content (AvgIpc) is 3.56. The van der Waals surface area contributed by atoms with Crippen LogP contribution >= 0.6 is 11.8 Å². The molecule has 0 bridgehead atoms. The Bertz CT molecular complexity index is 2970. The lowest BCUT2D eigenvalue weighted by Crippen LogP contribution is -2.11. The van der Waals surface area contributed by atoms with E-state index in [0.717, 1.165) is 12.8 Å². The molecule has 7 aromatic carbocycles. The zero-order chi connectivity index (χ0) is 35.6. The van der Waals surface area contributed by atoms with Crippen molar-refractivity contribution >= 4 is 66.3 Å². The first-order valence-corrected chi connectivity index (χ1v) is 19.9. The van der Waals surface area contributed by atoms with Crippen LogP contribution in [0.4, 0.5) is 0 Å². The monoisotopic (exact) mass is 707 g/mol. The van der Waals surface area contributed by atoms with E-state index in [1.807, 2.05) is 11.8 Å². The van der Waals surface area contributed by atoms with Crippen LogP contribution in [0.1, 0.15) is 28.7 Å². The molecule has 2 atom stereocenters. The molecule has 0 saturated carbocycles. The summed E-state index contributed by atoms with van der Waals surface area (Å²) in [5, 5.41) is 7.67. The highest BCUT2D eigenvalue weighted by atomic mass is 32.2. The van der Waals surface area contributed by atoms with Crippen molar-refractivity contribution in [1.82, 2.24) is 4.57 Å². The summed E-state index contributed by atoms with van der Waals surface area (Å²) in [7, 11) is 0. The van der Waals surface area contributed by atoms with Gasteiger partial charge in [-0.15, -0.1) is 0 Å². The summed E-state index contributed by atoms with van der Waals surface area (Å²) < 4.78 is 2.48. The molecular weight excluding hydrogens is 671 g/mol. The first-order chi connectivity index (χ1) is 26.8. The zero-order valence-electron chi connectivity index (χ0n) is 29.8. The smallest absolute Gasteiger partial charge is 0.0541 e. The van der Waals surface area contributed by atoms with Gasteiger partial charge in [-0.2, -0.15) is 0 Å². The molecule has 0 radical (unpaired) electrons. The van der Waals surface area contributed by atoms with E-state index in [1.54, 1.807) is 0 Å². The summed E-state index contributed by atoms with van der Waals surface area (Å²) in [6.07, 6.45) is 20.6. The first kappa shape index (κ1) is 31.4. The van der Waals surface area contributed by atoms with Crippen molar-refractivity contribution in [3.05, 3.63) is 210 Å². The molecule has 0 N–H and O–H groups in total. The maximum Gasteiger partial charge on any atom is 0.0541 e. The minimum atomic E-state index is 0.399. The van der Waals surface area contributed by atoms with E-state index >= 15 is 0 Å². The van der Waals surface area contributed by atoms with Crippen LogP contribution in [0.2, 0.25) is 0 Å². The summed E-state index contributed by atoms with van der Waals surface area (Å²) in [5.74, 6) is 0.840. The summed E-state index contributed by atoms with van der Waals surface area (Å²) in [4.78, 5) is 2.66. The van der Waals surface area contributed by atoms with Gasteiger partial charge in [0.1, 0.15) is 0 Å². The number of nitrogens with zero attached hydrogens (tertiary/aromatic N) is 1. The van der Waals surface area contributed by atoms with Crippen molar-refractivity contribution in [3.63, 3.8) is 0 Å². The molecule has 0 amide bonds. The molecule has 54 heavy (non-hydrogen) atoms. The van der Waals surface area contributed by atoms with Crippen LogP contribution in [0, 0.1) is 11.8 Å². The molecular formula is C52H37NS. The standard InChI is InChI=1S/C52H37NS/c1-2-14-37-31-38(26-25-34(37)11-1)39-27-29-49-46(32-39)47-33-40(28-30-50(47)53(49)48-22-7-15-35-12-3-5-17-42(35)48)41-19-9-21-45-44(41)20-10-24-52(45)54-51-23-8-16-36-13-4-6-18-43(36)51/h1-8,10-20,22-34,37H,9,21H2. The topological polar surface area (TPSA) is 4.93 Å². The molecule has 1 nitrogen and oxygen atoms in total. The molecule has 3 aliphatic rings. The molecule has 0 aliphatic heterocycles. The molecule has 0 fully saturated rings. The van der Waals surface area contributed by atoms with Crippen LogP contribution in [0.3, 0.4) is 0 Å². The molecule has 0 saturated heterocycles. The molecule has 1 aromatic heterocycles. The van der Waals surface area contributed by atoms with Gasteiger partial charge in [-0.3, -0.25) is 0 Å². The normalized spacial score (nSPS) is 17.6. The Balaban J connectivity index is 1.07. The lowest BCUT2D eigenvalue weighted by molar-refractivity contribution is 0.663. The second kappa shape index (κ2) is 12.8. The molecule has 256 valence electrons. The van der Waals surface area contributed by atoms with E-state index in [4.69, 9.17) is 0 Å². The van der Waals surface area contributed by atoms with Gasteiger partial charge in [0, 0.05) is 37.8 Å². The first-order valence-electron chi connectivity index (χ1n) is 19.1. The van der Waals surface area contributed by atoms with Crippen molar-refractivity contribution < 1.29 is 0 Å². The Kier molecular flexibility index (Phi) is 7.45. The van der Waals surface area contributed by atoms with Gasteiger partial charge in [0.05, 0.1) is 16.7 Å².